The Morgan fingerprint density at radius 1 is 1.38 bits per heavy atom. The summed E-state index contributed by atoms with van der Waals surface area (Å²) in [5.41, 5.74) is 0. The van der Waals surface area contributed by atoms with Crippen molar-refractivity contribution < 1.29 is 18.3 Å². The maximum atomic E-state index is 11.6. The molecule has 1 aliphatic rings. The molecular formula is C10H19NO4S. The van der Waals surface area contributed by atoms with Crippen LogP contribution in [0.15, 0.2) is 0 Å². The standard InChI is InChI=1S/C10H19NO4S/c1-7(2)16(14,15)11-9-5-3-4-8(6-9)10(12)13/h7-9,11H,3-6H2,1-2H3,(H,12,13). The maximum absolute atomic E-state index is 11.6. The van der Waals surface area contributed by atoms with Crippen LogP contribution in [-0.2, 0) is 14.8 Å². The van der Waals surface area contributed by atoms with E-state index < -0.39 is 27.2 Å². The van der Waals surface area contributed by atoms with Gasteiger partial charge >= 0.3 is 5.97 Å². The summed E-state index contributed by atoms with van der Waals surface area (Å²) in [5.74, 6) is -1.23. The van der Waals surface area contributed by atoms with Crippen molar-refractivity contribution >= 4 is 16.0 Å². The lowest BCUT2D eigenvalue weighted by Gasteiger charge is -2.27. The zero-order chi connectivity index (χ0) is 12.3. The number of carboxylic acid groups (broad SMARTS) is 1. The second kappa shape index (κ2) is 5.14. The Morgan fingerprint density at radius 3 is 2.50 bits per heavy atom. The Hall–Kier alpha value is -0.620. The highest BCUT2D eigenvalue weighted by Crippen LogP contribution is 2.25. The van der Waals surface area contributed by atoms with E-state index in [1.54, 1.807) is 13.8 Å². The molecule has 2 atom stereocenters. The van der Waals surface area contributed by atoms with Crippen LogP contribution in [0.1, 0.15) is 39.5 Å². The Labute approximate surface area is 96.3 Å². The van der Waals surface area contributed by atoms with E-state index in [-0.39, 0.29) is 6.04 Å². The van der Waals surface area contributed by atoms with Crippen LogP contribution in [0.25, 0.3) is 0 Å². The van der Waals surface area contributed by atoms with Crippen molar-refractivity contribution in [3.63, 3.8) is 0 Å². The van der Waals surface area contributed by atoms with Crippen LogP contribution in [0.3, 0.4) is 0 Å². The van der Waals surface area contributed by atoms with Crippen LogP contribution in [-0.4, -0.2) is 30.8 Å². The molecule has 1 saturated carbocycles. The van der Waals surface area contributed by atoms with Crippen molar-refractivity contribution in [1.29, 1.82) is 0 Å². The molecule has 1 aliphatic carbocycles. The molecule has 0 aromatic heterocycles. The van der Waals surface area contributed by atoms with Gasteiger partial charge in [0.2, 0.25) is 10.0 Å². The van der Waals surface area contributed by atoms with Gasteiger partial charge in [0.25, 0.3) is 0 Å². The fraction of sp³-hybridized carbons (Fsp3) is 0.900. The lowest BCUT2D eigenvalue weighted by atomic mass is 9.86. The normalized spacial score (nSPS) is 26.9. The Kier molecular flexibility index (Phi) is 4.32. The number of rotatable bonds is 4. The van der Waals surface area contributed by atoms with E-state index in [9.17, 15) is 13.2 Å². The number of sulfonamides is 1. The van der Waals surface area contributed by atoms with Crippen LogP contribution in [0.2, 0.25) is 0 Å². The molecule has 0 bridgehead atoms. The smallest absolute Gasteiger partial charge is 0.306 e. The molecule has 1 rings (SSSR count). The zero-order valence-electron chi connectivity index (χ0n) is 9.64. The number of carboxylic acids is 1. The lowest BCUT2D eigenvalue weighted by molar-refractivity contribution is -0.143. The third-order valence-corrected chi connectivity index (χ3v) is 4.88. The molecule has 0 heterocycles. The van der Waals surface area contributed by atoms with E-state index in [4.69, 9.17) is 5.11 Å². The summed E-state index contributed by atoms with van der Waals surface area (Å²) in [4.78, 5) is 10.8. The van der Waals surface area contributed by atoms with Crippen molar-refractivity contribution in [2.45, 2.75) is 50.8 Å². The second-order valence-corrected chi connectivity index (χ2v) is 6.88. The van der Waals surface area contributed by atoms with E-state index in [0.29, 0.717) is 12.8 Å². The summed E-state index contributed by atoms with van der Waals surface area (Å²) in [6.07, 6.45) is 2.55. The molecular weight excluding hydrogens is 230 g/mol. The van der Waals surface area contributed by atoms with Gasteiger partial charge < -0.3 is 5.11 Å². The van der Waals surface area contributed by atoms with Crippen LogP contribution in [0.4, 0.5) is 0 Å². The fourth-order valence-corrected chi connectivity index (χ4v) is 2.84. The maximum Gasteiger partial charge on any atom is 0.306 e. The van der Waals surface area contributed by atoms with Gasteiger partial charge in [-0.2, -0.15) is 0 Å². The third kappa shape index (κ3) is 3.45. The molecule has 16 heavy (non-hydrogen) atoms. The lowest BCUT2D eigenvalue weighted by Crippen LogP contribution is -2.42. The van der Waals surface area contributed by atoms with Crippen LogP contribution in [0, 0.1) is 5.92 Å². The molecule has 2 N–H and O–H groups in total. The van der Waals surface area contributed by atoms with Crippen molar-refractivity contribution in [2.75, 3.05) is 0 Å². The van der Waals surface area contributed by atoms with E-state index in [1.807, 2.05) is 0 Å². The first-order chi connectivity index (χ1) is 7.33. The van der Waals surface area contributed by atoms with Gasteiger partial charge in [0.15, 0.2) is 0 Å². The monoisotopic (exact) mass is 249 g/mol. The minimum Gasteiger partial charge on any atom is -0.481 e. The van der Waals surface area contributed by atoms with E-state index >= 15 is 0 Å². The Morgan fingerprint density at radius 2 is 2.00 bits per heavy atom. The van der Waals surface area contributed by atoms with Crippen molar-refractivity contribution in [3.8, 4) is 0 Å². The number of aliphatic carboxylic acids is 1. The summed E-state index contributed by atoms with van der Waals surface area (Å²) in [6.45, 7) is 3.22. The first kappa shape index (κ1) is 13.4. The molecule has 6 heteroatoms. The predicted octanol–water partition coefficient (Wildman–Crippen LogP) is 0.958. The van der Waals surface area contributed by atoms with E-state index in [1.165, 1.54) is 0 Å². The van der Waals surface area contributed by atoms with Crippen LogP contribution >= 0.6 is 0 Å². The van der Waals surface area contributed by atoms with Gasteiger partial charge in [0, 0.05) is 6.04 Å². The molecule has 5 nitrogen and oxygen atoms in total. The van der Waals surface area contributed by atoms with Crippen molar-refractivity contribution in [2.24, 2.45) is 5.92 Å². The number of carbonyl (C=O) groups is 1. The zero-order valence-corrected chi connectivity index (χ0v) is 10.5. The molecule has 0 aliphatic heterocycles. The highest BCUT2D eigenvalue weighted by atomic mass is 32.2. The highest BCUT2D eigenvalue weighted by molar-refractivity contribution is 7.90. The van der Waals surface area contributed by atoms with Gasteiger partial charge in [-0.1, -0.05) is 6.42 Å². The predicted molar refractivity (Wildman–Crippen MR) is 60.6 cm³/mol. The molecule has 1 fully saturated rings. The van der Waals surface area contributed by atoms with Gasteiger partial charge in [-0.15, -0.1) is 0 Å². The van der Waals surface area contributed by atoms with Gasteiger partial charge in [-0.25, -0.2) is 13.1 Å². The van der Waals surface area contributed by atoms with Crippen molar-refractivity contribution in [1.82, 2.24) is 4.72 Å². The molecule has 0 aromatic carbocycles. The average molecular weight is 249 g/mol. The minimum absolute atomic E-state index is 0.220. The SMILES string of the molecule is CC(C)S(=O)(=O)NC1CCCC(C(=O)O)C1. The molecule has 2 unspecified atom stereocenters. The average Bonchev–Trinajstić information content (AvgIpc) is 2.17. The molecule has 94 valence electrons. The van der Waals surface area contributed by atoms with Gasteiger partial charge in [-0.3, -0.25) is 4.79 Å². The van der Waals surface area contributed by atoms with Gasteiger partial charge in [0.05, 0.1) is 11.2 Å². The first-order valence-corrected chi connectivity index (χ1v) is 7.11. The fourth-order valence-electron chi connectivity index (χ4n) is 1.89. The number of hydrogen-bond donors (Lipinski definition) is 2. The quantitative estimate of drug-likeness (QED) is 0.777. The number of nitrogens with one attached hydrogen (secondary N) is 1. The highest BCUT2D eigenvalue weighted by Gasteiger charge is 2.30. The molecule has 0 amide bonds. The molecule has 0 aromatic rings. The minimum atomic E-state index is -3.29. The molecule has 0 radical (unpaired) electrons. The second-order valence-electron chi connectivity index (χ2n) is 4.61. The Balaban J connectivity index is 2.59. The summed E-state index contributed by atoms with van der Waals surface area (Å²) in [7, 11) is -3.29. The summed E-state index contributed by atoms with van der Waals surface area (Å²) in [5, 5.41) is 8.41. The largest absolute Gasteiger partial charge is 0.481 e. The van der Waals surface area contributed by atoms with Crippen LogP contribution in [0.5, 0.6) is 0 Å². The van der Waals surface area contributed by atoms with Crippen LogP contribution < -0.4 is 4.72 Å². The van der Waals surface area contributed by atoms with Gasteiger partial charge in [-0.05, 0) is 33.1 Å². The molecule has 0 saturated heterocycles. The summed E-state index contributed by atoms with van der Waals surface area (Å²) in [6, 6.07) is -0.220. The number of hydrogen-bond acceptors (Lipinski definition) is 3. The van der Waals surface area contributed by atoms with Crippen molar-refractivity contribution in [3.05, 3.63) is 0 Å². The van der Waals surface area contributed by atoms with Gasteiger partial charge in [0.1, 0.15) is 0 Å². The summed E-state index contributed by atoms with van der Waals surface area (Å²) < 4.78 is 25.8. The molecule has 0 spiro atoms. The topological polar surface area (TPSA) is 83.5 Å². The van der Waals surface area contributed by atoms with E-state index in [0.717, 1.165) is 12.8 Å². The summed E-state index contributed by atoms with van der Waals surface area (Å²) >= 11 is 0. The van der Waals surface area contributed by atoms with E-state index in [2.05, 4.69) is 4.72 Å². The Bertz CT molecular complexity index is 350. The first-order valence-electron chi connectivity index (χ1n) is 5.57. The third-order valence-electron chi connectivity index (χ3n) is 2.97.